The second-order valence-electron chi connectivity index (χ2n) is 2.46. The Balaban J connectivity index is 3.32. The van der Waals surface area contributed by atoms with Crippen LogP contribution in [0.5, 0.6) is 5.75 Å². The van der Waals surface area contributed by atoms with Crippen molar-refractivity contribution in [2.24, 2.45) is 0 Å². The number of rotatable bonds is 2. The summed E-state index contributed by atoms with van der Waals surface area (Å²) in [6.07, 6.45) is -1.21. The topological polar surface area (TPSA) is 22.1 Å². The SMILES string of the molecule is COc1cnc(I)c(C)c1C(F)F. The van der Waals surface area contributed by atoms with E-state index in [2.05, 4.69) is 4.98 Å². The lowest BCUT2D eigenvalue weighted by atomic mass is 10.1. The summed E-state index contributed by atoms with van der Waals surface area (Å²) >= 11 is 1.92. The van der Waals surface area contributed by atoms with Crippen LogP contribution in [0.2, 0.25) is 0 Å². The van der Waals surface area contributed by atoms with Crippen LogP contribution in [0.4, 0.5) is 8.78 Å². The first-order chi connectivity index (χ1) is 6.07. The molecule has 0 unspecified atom stereocenters. The minimum absolute atomic E-state index is 0.0677. The Morgan fingerprint density at radius 2 is 2.15 bits per heavy atom. The highest BCUT2D eigenvalue weighted by Gasteiger charge is 2.18. The fourth-order valence-corrected chi connectivity index (χ4v) is 1.44. The Morgan fingerprint density at radius 3 is 2.62 bits per heavy atom. The van der Waals surface area contributed by atoms with Crippen LogP contribution >= 0.6 is 22.6 Å². The standard InChI is InChI=1S/C8H8F2INO/c1-4-6(7(9)10)5(13-2)3-12-8(4)11/h3,7H,1-2H3. The van der Waals surface area contributed by atoms with E-state index >= 15 is 0 Å². The van der Waals surface area contributed by atoms with Gasteiger partial charge in [-0.25, -0.2) is 13.8 Å². The van der Waals surface area contributed by atoms with Gasteiger partial charge < -0.3 is 4.74 Å². The Labute approximate surface area is 88.5 Å². The molecule has 1 rings (SSSR count). The average Bonchev–Trinajstić information content (AvgIpc) is 2.08. The molecule has 1 aromatic rings. The highest BCUT2D eigenvalue weighted by atomic mass is 127. The lowest BCUT2D eigenvalue weighted by molar-refractivity contribution is 0.146. The van der Waals surface area contributed by atoms with Gasteiger partial charge in [0.1, 0.15) is 9.45 Å². The number of hydrogen-bond donors (Lipinski definition) is 0. The van der Waals surface area contributed by atoms with Gasteiger partial charge in [0.25, 0.3) is 6.43 Å². The quantitative estimate of drug-likeness (QED) is 0.619. The van der Waals surface area contributed by atoms with Crippen molar-refractivity contribution in [3.05, 3.63) is 21.0 Å². The highest BCUT2D eigenvalue weighted by Crippen LogP contribution is 2.32. The van der Waals surface area contributed by atoms with Gasteiger partial charge in [0, 0.05) is 0 Å². The highest BCUT2D eigenvalue weighted by molar-refractivity contribution is 14.1. The lowest BCUT2D eigenvalue weighted by Gasteiger charge is -2.10. The van der Waals surface area contributed by atoms with Crippen LogP contribution in [0.1, 0.15) is 17.6 Å². The monoisotopic (exact) mass is 299 g/mol. The summed E-state index contributed by atoms with van der Waals surface area (Å²) in [7, 11) is 1.36. The third-order valence-corrected chi connectivity index (χ3v) is 2.80. The minimum Gasteiger partial charge on any atom is -0.495 e. The molecule has 0 amide bonds. The van der Waals surface area contributed by atoms with Gasteiger partial charge >= 0.3 is 0 Å². The summed E-state index contributed by atoms with van der Waals surface area (Å²) in [6.45, 7) is 1.61. The van der Waals surface area contributed by atoms with Crippen molar-refractivity contribution >= 4 is 22.6 Å². The summed E-state index contributed by atoms with van der Waals surface area (Å²) in [6, 6.07) is 0. The molecule has 1 heterocycles. The van der Waals surface area contributed by atoms with Crippen LogP contribution in [-0.2, 0) is 0 Å². The largest absolute Gasteiger partial charge is 0.495 e. The van der Waals surface area contributed by atoms with E-state index in [1.165, 1.54) is 13.3 Å². The average molecular weight is 299 g/mol. The van der Waals surface area contributed by atoms with E-state index < -0.39 is 6.43 Å². The fraction of sp³-hybridized carbons (Fsp3) is 0.375. The number of nitrogens with zero attached hydrogens (tertiary/aromatic N) is 1. The first-order valence-corrected chi connectivity index (χ1v) is 4.63. The van der Waals surface area contributed by atoms with Crippen molar-refractivity contribution in [1.82, 2.24) is 4.98 Å². The van der Waals surface area contributed by atoms with E-state index in [-0.39, 0.29) is 11.3 Å². The maximum Gasteiger partial charge on any atom is 0.267 e. The molecule has 0 aliphatic carbocycles. The van der Waals surface area contributed by atoms with Crippen LogP contribution < -0.4 is 4.74 Å². The molecule has 0 spiro atoms. The zero-order chi connectivity index (χ0) is 10.0. The molecular formula is C8H8F2INO. The third-order valence-electron chi connectivity index (χ3n) is 1.71. The second-order valence-corrected chi connectivity index (χ2v) is 3.48. The van der Waals surface area contributed by atoms with E-state index in [9.17, 15) is 8.78 Å². The molecule has 0 atom stereocenters. The molecule has 72 valence electrons. The smallest absolute Gasteiger partial charge is 0.267 e. The Bertz CT molecular complexity index is 317. The first-order valence-electron chi connectivity index (χ1n) is 3.55. The number of alkyl halides is 2. The second kappa shape index (κ2) is 4.17. The molecular weight excluding hydrogens is 291 g/mol. The van der Waals surface area contributed by atoms with Crippen molar-refractivity contribution < 1.29 is 13.5 Å². The molecule has 0 bridgehead atoms. The van der Waals surface area contributed by atoms with E-state index in [1.54, 1.807) is 6.92 Å². The lowest BCUT2D eigenvalue weighted by Crippen LogP contribution is -2.00. The molecule has 0 N–H and O–H groups in total. The van der Waals surface area contributed by atoms with Gasteiger partial charge in [0.2, 0.25) is 0 Å². The molecule has 1 aromatic heterocycles. The van der Waals surface area contributed by atoms with Gasteiger partial charge in [-0.1, -0.05) is 0 Å². The van der Waals surface area contributed by atoms with Crippen molar-refractivity contribution in [2.75, 3.05) is 7.11 Å². The van der Waals surface area contributed by atoms with Gasteiger partial charge in [0.05, 0.1) is 18.9 Å². The molecule has 0 aliphatic heterocycles. The van der Waals surface area contributed by atoms with Crippen molar-refractivity contribution in [3.8, 4) is 5.75 Å². The van der Waals surface area contributed by atoms with Crippen molar-refractivity contribution in [3.63, 3.8) is 0 Å². The zero-order valence-corrected chi connectivity index (χ0v) is 9.30. The summed E-state index contributed by atoms with van der Waals surface area (Å²) in [4.78, 5) is 3.92. The van der Waals surface area contributed by atoms with Crippen molar-refractivity contribution in [2.45, 2.75) is 13.3 Å². The predicted octanol–water partition coefficient (Wildman–Crippen LogP) is 2.94. The fourth-order valence-electron chi connectivity index (χ4n) is 1.01. The number of aromatic nitrogens is 1. The molecule has 5 heteroatoms. The Kier molecular flexibility index (Phi) is 3.40. The van der Waals surface area contributed by atoms with E-state index in [4.69, 9.17) is 4.74 Å². The van der Waals surface area contributed by atoms with Gasteiger partial charge in [-0.2, -0.15) is 0 Å². The third kappa shape index (κ3) is 2.07. The number of pyridine rings is 1. The number of hydrogen-bond acceptors (Lipinski definition) is 2. The molecule has 0 saturated heterocycles. The molecule has 0 fully saturated rings. The predicted molar refractivity (Wildman–Crippen MR) is 53.2 cm³/mol. The van der Waals surface area contributed by atoms with Crippen LogP contribution in [0.15, 0.2) is 6.20 Å². The van der Waals surface area contributed by atoms with Gasteiger partial charge in [-0.05, 0) is 35.1 Å². The molecule has 0 aliphatic rings. The maximum atomic E-state index is 12.5. The van der Waals surface area contributed by atoms with E-state index in [0.717, 1.165) is 0 Å². The van der Waals surface area contributed by atoms with Gasteiger partial charge in [-0.3, -0.25) is 0 Å². The normalized spacial score (nSPS) is 10.6. The minimum atomic E-state index is -2.52. The molecule has 0 aromatic carbocycles. The maximum absolute atomic E-state index is 12.5. The first kappa shape index (κ1) is 10.6. The van der Waals surface area contributed by atoms with E-state index in [0.29, 0.717) is 9.26 Å². The van der Waals surface area contributed by atoms with Crippen molar-refractivity contribution in [1.29, 1.82) is 0 Å². The molecule has 0 radical (unpaired) electrons. The molecule has 13 heavy (non-hydrogen) atoms. The van der Waals surface area contributed by atoms with Gasteiger partial charge in [-0.15, -0.1) is 0 Å². The van der Waals surface area contributed by atoms with E-state index in [1.807, 2.05) is 22.6 Å². The van der Waals surface area contributed by atoms with Gasteiger partial charge in [0.15, 0.2) is 0 Å². The van der Waals surface area contributed by atoms with Crippen LogP contribution in [0, 0.1) is 10.6 Å². The van der Waals surface area contributed by atoms with Crippen LogP contribution in [0.25, 0.3) is 0 Å². The Hall–Kier alpha value is -0.460. The molecule has 0 saturated carbocycles. The summed E-state index contributed by atoms with van der Waals surface area (Å²) < 4.78 is 30.5. The zero-order valence-electron chi connectivity index (χ0n) is 7.14. The number of halogens is 3. The number of methoxy groups -OCH3 is 1. The Morgan fingerprint density at radius 1 is 1.54 bits per heavy atom. The number of ether oxygens (including phenoxy) is 1. The molecule has 2 nitrogen and oxygen atoms in total. The summed E-state index contributed by atoms with van der Waals surface area (Å²) in [5.74, 6) is 0.146. The summed E-state index contributed by atoms with van der Waals surface area (Å²) in [5, 5.41) is 0. The summed E-state index contributed by atoms with van der Waals surface area (Å²) in [5.41, 5.74) is 0.414. The van der Waals surface area contributed by atoms with Crippen LogP contribution in [-0.4, -0.2) is 12.1 Å². The van der Waals surface area contributed by atoms with Crippen LogP contribution in [0.3, 0.4) is 0 Å².